The number of hydrogen-bond acceptors (Lipinski definition) is 7. The molecule has 190 valence electrons. The minimum Gasteiger partial charge on any atom is -0.507 e. The number of aliphatic hydroxyl groups excluding tert-OH is 1. The van der Waals surface area contributed by atoms with E-state index in [1.807, 2.05) is 0 Å². The fourth-order valence-electron chi connectivity index (χ4n) is 4.37. The summed E-state index contributed by atoms with van der Waals surface area (Å²) >= 11 is 0. The average Bonchev–Trinajstić information content (AvgIpc) is 3.18. The predicted molar refractivity (Wildman–Crippen MR) is 138 cm³/mol. The Bertz CT molecular complexity index is 1390. The molecule has 1 N–H and O–H groups in total. The van der Waals surface area contributed by atoms with Gasteiger partial charge in [-0.05, 0) is 79.6 Å². The summed E-state index contributed by atoms with van der Waals surface area (Å²) in [5.74, 6) is -1.28. The van der Waals surface area contributed by atoms with Crippen LogP contribution in [0.25, 0.3) is 5.76 Å². The number of nitrogens with zero attached hydrogens (tertiary/aromatic N) is 1. The highest BCUT2D eigenvalue weighted by Crippen LogP contribution is 2.43. The van der Waals surface area contributed by atoms with Crippen LogP contribution < -0.4 is 14.4 Å². The van der Waals surface area contributed by atoms with Crippen LogP contribution in [0.5, 0.6) is 11.5 Å². The van der Waals surface area contributed by atoms with Gasteiger partial charge in [0.1, 0.15) is 17.3 Å². The standard InChI is InChI=1S/C29H27NO7/c1-5-37-29(34)18-9-11-20(12-10-18)30-25(19-7-6-8-21(16-19)35-3)24(27(32)28(30)33)26(31)23-14-13-22(36-4)15-17(23)2/h6-16,25,31H,5H2,1-4H3/b26-24-. The highest BCUT2D eigenvalue weighted by atomic mass is 16.5. The maximum absolute atomic E-state index is 13.4. The molecule has 0 saturated carbocycles. The first-order valence-corrected chi connectivity index (χ1v) is 11.7. The van der Waals surface area contributed by atoms with E-state index in [0.29, 0.717) is 39.4 Å². The molecule has 1 aliphatic rings. The molecule has 8 heteroatoms. The largest absolute Gasteiger partial charge is 0.507 e. The zero-order chi connectivity index (χ0) is 26.7. The lowest BCUT2D eigenvalue weighted by atomic mass is 9.93. The molecule has 3 aromatic carbocycles. The highest BCUT2D eigenvalue weighted by Gasteiger charge is 2.47. The van der Waals surface area contributed by atoms with E-state index in [1.165, 1.54) is 31.3 Å². The van der Waals surface area contributed by atoms with Gasteiger partial charge >= 0.3 is 5.97 Å². The van der Waals surface area contributed by atoms with Crippen molar-refractivity contribution in [3.05, 3.63) is 94.6 Å². The van der Waals surface area contributed by atoms with Crippen molar-refractivity contribution in [3.63, 3.8) is 0 Å². The second-order valence-electron chi connectivity index (χ2n) is 8.39. The average molecular weight is 502 g/mol. The van der Waals surface area contributed by atoms with E-state index in [2.05, 4.69) is 0 Å². The number of aryl methyl sites for hydroxylation is 1. The summed E-state index contributed by atoms with van der Waals surface area (Å²) in [7, 11) is 3.06. The number of rotatable bonds is 7. The molecular formula is C29H27NO7. The molecule has 3 aromatic rings. The minimum absolute atomic E-state index is 0.0546. The fourth-order valence-corrected chi connectivity index (χ4v) is 4.37. The number of esters is 1. The van der Waals surface area contributed by atoms with Crippen molar-refractivity contribution in [3.8, 4) is 11.5 Å². The van der Waals surface area contributed by atoms with Gasteiger partial charge in [0, 0.05) is 11.3 Å². The molecule has 0 radical (unpaired) electrons. The Morgan fingerprint density at radius 1 is 0.946 bits per heavy atom. The summed E-state index contributed by atoms with van der Waals surface area (Å²) < 4.78 is 15.7. The van der Waals surface area contributed by atoms with Crippen LogP contribution in [-0.4, -0.2) is 43.6 Å². The van der Waals surface area contributed by atoms with Crippen molar-refractivity contribution in [2.24, 2.45) is 0 Å². The predicted octanol–water partition coefficient (Wildman–Crippen LogP) is 4.82. The van der Waals surface area contributed by atoms with E-state index in [1.54, 1.807) is 68.4 Å². The molecule has 1 atom stereocenters. The van der Waals surface area contributed by atoms with Crippen molar-refractivity contribution >= 4 is 29.1 Å². The Morgan fingerprint density at radius 3 is 2.24 bits per heavy atom. The third-order valence-electron chi connectivity index (χ3n) is 6.20. The molecule has 1 heterocycles. The molecule has 8 nitrogen and oxygen atoms in total. The van der Waals surface area contributed by atoms with Gasteiger partial charge in [-0.3, -0.25) is 14.5 Å². The Hall–Kier alpha value is -4.59. The first-order chi connectivity index (χ1) is 17.8. The molecule has 1 amide bonds. The van der Waals surface area contributed by atoms with Crippen LogP contribution in [0.15, 0.2) is 72.3 Å². The summed E-state index contributed by atoms with van der Waals surface area (Å²) in [5.41, 5.74) is 2.29. The van der Waals surface area contributed by atoms with Crippen LogP contribution >= 0.6 is 0 Å². The maximum atomic E-state index is 13.4. The van der Waals surface area contributed by atoms with Crippen molar-refractivity contribution in [2.75, 3.05) is 25.7 Å². The number of benzene rings is 3. The minimum atomic E-state index is -0.940. The first-order valence-electron chi connectivity index (χ1n) is 11.7. The molecule has 1 fully saturated rings. The van der Waals surface area contributed by atoms with Crippen LogP contribution in [0.3, 0.4) is 0 Å². The number of carbonyl (C=O) groups is 3. The number of carbonyl (C=O) groups excluding carboxylic acids is 3. The Labute approximate surface area is 214 Å². The molecule has 37 heavy (non-hydrogen) atoms. The summed E-state index contributed by atoms with van der Waals surface area (Å²) in [6.45, 7) is 3.72. The van der Waals surface area contributed by atoms with E-state index in [9.17, 15) is 19.5 Å². The first kappa shape index (κ1) is 25.5. The number of aliphatic hydroxyl groups is 1. The van der Waals surface area contributed by atoms with Crippen molar-refractivity contribution < 1.29 is 33.7 Å². The van der Waals surface area contributed by atoms with Crippen LogP contribution in [0, 0.1) is 6.92 Å². The summed E-state index contributed by atoms with van der Waals surface area (Å²) in [5, 5.41) is 11.4. The molecule has 1 aliphatic heterocycles. The van der Waals surface area contributed by atoms with Gasteiger partial charge in [-0.2, -0.15) is 0 Å². The van der Waals surface area contributed by atoms with E-state index in [0.717, 1.165) is 0 Å². The van der Waals surface area contributed by atoms with Crippen molar-refractivity contribution in [2.45, 2.75) is 19.9 Å². The summed E-state index contributed by atoms with van der Waals surface area (Å²) in [4.78, 5) is 40.2. The van der Waals surface area contributed by atoms with Crippen LogP contribution in [0.4, 0.5) is 5.69 Å². The van der Waals surface area contributed by atoms with Crippen LogP contribution in [-0.2, 0) is 14.3 Å². The van der Waals surface area contributed by atoms with E-state index in [-0.39, 0.29) is 17.9 Å². The Balaban J connectivity index is 1.89. The second-order valence-corrected chi connectivity index (χ2v) is 8.39. The third-order valence-corrected chi connectivity index (χ3v) is 6.20. The van der Waals surface area contributed by atoms with Gasteiger partial charge in [0.15, 0.2) is 0 Å². The van der Waals surface area contributed by atoms with E-state index < -0.39 is 23.7 Å². The molecule has 1 saturated heterocycles. The van der Waals surface area contributed by atoms with Gasteiger partial charge in [-0.1, -0.05) is 12.1 Å². The Morgan fingerprint density at radius 2 is 1.62 bits per heavy atom. The highest BCUT2D eigenvalue weighted by molar-refractivity contribution is 6.51. The summed E-state index contributed by atoms with van der Waals surface area (Å²) in [6, 6.07) is 17.3. The molecule has 0 spiro atoms. The van der Waals surface area contributed by atoms with Gasteiger partial charge in [-0.25, -0.2) is 4.79 Å². The molecule has 4 rings (SSSR count). The maximum Gasteiger partial charge on any atom is 0.338 e. The Kier molecular flexibility index (Phi) is 7.29. The quantitative estimate of drug-likeness (QED) is 0.214. The van der Waals surface area contributed by atoms with Gasteiger partial charge in [0.05, 0.1) is 38.0 Å². The number of ketones is 1. The van der Waals surface area contributed by atoms with Gasteiger partial charge in [0.25, 0.3) is 11.7 Å². The zero-order valence-electron chi connectivity index (χ0n) is 21.0. The third kappa shape index (κ3) is 4.78. The van der Waals surface area contributed by atoms with Gasteiger partial charge < -0.3 is 19.3 Å². The van der Waals surface area contributed by atoms with Gasteiger partial charge in [0.2, 0.25) is 0 Å². The number of ether oxygens (including phenoxy) is 3. The number of anilines is 1. The smallest absolute Gasteiger partial charge is 0.338 e. The van der Waals surface area contributed by atoms with Gasteiger partial charge in [-0.15, -0.1) is 0 Å². The molecular weight excluding hydrogens is 474 g/mol. The van der Waals surface area contributed by atoms with Crippen molar-refractivity contribution in [1.29, 1.82) is 0 Å². The summed E-state index contributed by atoms with van der Waals surface area (Å²) in [6.07, 6.45) is 0. The molecule has 0 aromatic heterocycles. The monoisotopic (exact) mass is 501 g/mol. The zero-order valence-corrected chi connectivity index (χ0v) is 21.0. The molecule has 0 aliphatic carbocycles. The lowest BCUT2D eigenvalue weighted by Crippen LogP contribution is -2.29. The fraction of sp³-hybridized carbons (Fsp3) is 0.207. The lowest BCUT2D eigenvalue weighted by Gasteiger charge is -2.26. The molecule has 0 bridgehead atoms. The molecule has 1 unspecified atom stereocenters. The number of amides is 1. The number of methoxy groups -OCH3 is 2. The van der Waals surface area contributed by atoms with Crippen molar-refractivity contribution in [1.82, 2.24) is 0 Å². The SMILES string of the molecule is CCOC(=O)c1ccc(N2C(=O)C(=O)/C(=C(\O)c3ccc(OC)cc3C)C2c2cccc(OC)c2)cc1. The van der Waals surface area contributed by atoms with Crippen LogP contribution in [0.1, 0.15) is 40.0 Å². The normalized spacial score (nSPS) is 16.5. The second kappa shape index (κ2) is 10.6. The van der Waals surface area contributed by atoms with E-state index >= 15 is 0 Å². The topological polar surface area (TPSA) is 102 Å². The number of Topliss-reactive ketones (excluding diaryl/α,β-unsaturated/α-hetero) is 1. The van der Waals surface area contributed by atoms with Crippen LogP contribution in [0.2, 0.25) is 0 Å². The van der Waals surface area contributed by atoms with E-state index in [4.69, 9.17) is 14.2 Å². The number of hydrogen-bond donors (Lipinski definition) is 1. The lowest BCUT2D eigenvalue weighted by molar-refractivity contribution is -0.132.